The quantitative estimate of drug-likeness (QED) is 0.756. The van der Waals surface area contributed by atoms with Crippen molar-refractivity contribution >= 4 is 0 Å². The molecule has 0 radical (unpaired) electrons. The molecule has 1 N–H and O–H groups in total. The molecule has 0 aromatic heterocycles. The standard InChI is InChI=1S/C14H22O2/c1-3-5-7-12(4-2)11-16-14-9-6-8-13(15)10-14/h6,8-10,12,15H,3-5,7,11H2,1-2H3. The number of hydrogen-bond donors (Lipinski definition) is 1. The van der Waals surface area contributed by atoms with E-state index in [0.29, 0.717) is 5.92 Å². The van der Waals surface area contributed by atoms with Crippen molar-refractivity contribution in [3.8, 4) is 11.5 Å². The predicted octanol–water partition coefficient (Wildman–Crippen LogP) is 3.99. The molecule has 0 aliphatic rings. The predicted molar refractivity (Wildman–Crippen MR) is 66.9 cm³/mol. The lowest BCUT2D eigenvalue weighted by Crippen LogP contribution is -2.11. The van der Waals surface area contributed by atoms with Crippen LogP contribution in [0.2, 0.25) is 0 Å². The van der Waals surface area contributed by atoms with E-state index in [4.69, 9.17) is 4.74 Å². The van der Waals surface area contributed by atoms with Crippen LogP contribution >= 0.6 is 0 Å². The first-order chi connectivity index (χ1) is 7.76. The van der Waals surface area contributed by atoms with E-state index in [9.17, 15) is 5.11 Å². The van der Waals surface area contributed by atoms with Gasteiger partial charge in [-0.2, -0.15) is 0 Å². The summed E-state index contributed by atoms with van der Waals surface area (Å²) in [5, 5.41) is 9.30. The van der Waals surface area contributed by atoms with E-state index >= 15 is 0 Å². The van der Waals surface area contributed by atoms with Crippen LogP contribution in [0.3, 0.4) is 0 Å². The lowest BCUT2D eigenvalue weighted by molar-refractivity contribution is 0.232. The van der Waals surface area contributed by atoms with Gasteiger partial charge in [-0.05, 0) is 24.5 Å². The van der Waals surface area contributed by atoms with Gasteiger partial charge in [0.2, 0.25) is 0 Å². The Morgan fingerprint density at radius 3 is 2.75 bits per heavy atom. The fourth-order valence-electron chi connectivity index (χ4n) is 1.69. The first-order valence-electron chi connectivity index (χ1n) is 6.18. The van der Waals surface area contributed by atoms with Gasteiger partial charge in [-0.1, -0.05) is 39.2 Å². The molecular weight excluding hydrogens is 200 g/mol. The summed E-state index contributed by atoms with van der Waals surface area (Å²) < 4.78 is 5.68. The summed E-state index contributed by atoms with van der Waals surface area (Å²) in [5.41, 5.74) is 0. The van der Waals surface area contributed by atoms with Crippen LogP contribution < -0.4 is 4.74 Å². The van der Waals surface area contributed by atoms with Crippen LogP contribution in [0, 0.1) is 5.92 Å². The van der Waals surface area contributed by atoms with Gasteiger partial charge in [0, 0.05) is 6.07 Å². The van der Waals surface area contributed by atoms with Crippen LogP contribution in [0.5, 0.6) is 11.5 Å². The smallest absolute Gasteiger partial charge is 0.122 e. The summed E-state index contributed by atoms with van der Waals surface area (Å²) in [5.74, 6) is 1.65. The van der Waals surface area contributed by atoms with E-state index < -0.39 is 0 Å². The zero-order valence-electron chi connectivity index (χ0n) is 10.3. The third-order valence-corrected chi connectivity index (χ3v) is 2.85. The number of ether oxygens (including phenoxy) is 1. The molecule has 1 atom stereocenters. The summed E-state index contributed by atoms with van der Waals surface area (Å²) in [7, 11) is 0. The lowest BCUT2D eigenvalue weighted by Gasteiger charge is -2.15. The molecule has 0 spiro atoms. The Bertz CT molecular complexity index is 297. The van der Waals surface area contributed by atoms with Crippen molar-refractivity contribution in [2.24, 2.45) is 5.92 Å². The van der Waals surface area contributed by atoms with E-state index in [1.165, 1.54) is 19.3 Å². The minimum atomic E-state index is 0.263. The van der Waals surface area contributed by atoms with Crippen LogP contribution in [0.15, 0.2) is 24.3 Å². The molecule has 0 heterocycles. The van der Waals surface area contributed by atoms with E-state index in [0.717, 1.165) is 18.8 Å². The Morgan fingerprint density at radius 1 is 1.31 bits per heavy atom. The second-order valence-electron chi connectivity index (χ2n) is 4.22. The fourth-order valence-corrected chi connectivity index (χ4v) is 1.69. The topological polar surface area (TPSA) is 29.5 Å². The summed E-state index contributed by atoms with van der Waals surface area (Å²) >= 11 is 0. The number of phenols is 1. The van der Waals surface area contributed by atoms with E-state index in [2.05, 4.69) is 13.8 Å². The molecule has 2 nitrogen and oxygen atoms in total. The molecule has 0 fully saturated rings. The molecule has 0 aliphatic carbocycles. The van der Waals surface area contributed by atoms with Gasteiger partial charge < -0.3 is 9.84 Å². The highest BCUT2D eigenvalue weighted by molar-refractivity contribution is 5.31. The maximum absolute atomic E-state index is 9.30. The molecule has 90 valence electrons. The fraction of sp³-hybridized carbons (Fsp3) is 0.571. The van der Waals surface area contributed by atoms with Crippen molar-refractivity contribution in [3.05, 3.63) is 24.3 Å². The average molecular weight is 222 g/mol. The van der Waals surface area contributed by atoms with E-state index in [1.807, 2.05) is 6.07 Å². The second kappa shape index (κ2) is 7.15. The highest BCUT2D eigenvalue weighted by Crippen LogP contribution is 2.20. The molecule has 2 heteroatoms. The number of aromatic hydroxyl groups is 1. The molecule has 1 aromatic rings. The van der Waals surface area contributed by atoms with Crippen molar-refractivity contribution in [2.45, 2.75) is 39.5 Å². The number of benzene rings is 1. The van der Waals surface area contributed by atoms with Gasteiger partial charge in [0.1, 0.15) is 11.5 Å². The summed E-state index contributed by atoms with van der Waals surface area (Å²) in [4.78, 5) is 0. The SMILES string of the molecule is CCCCC(CC)COc1cccc(O)c1. The van der Waals surface area contributed by atoms with Gasteiger partial charge >= 0.3 is 0 Å². The highest BCUT2D eigenvalue weighted by atomic mass is 16.5. The van der Waals surface area contributed by atoms with Crippen molar-refractivity contribution in [1.29, 1.82) is 0 Å². The Kier molecular flexibility index (Phi) is 5.76. The van der Waals surface area contributed by atoms with Gasteiger partial charge in [0.25, 0.3) is 0 Å². The van der Waals surface area contributed by atoms with Crippen molar-refractivity contribution < 1.29 is 9.84 Å². The minimum absolute atomic E-state index is 0.263. The van der Waals surface area contributed by atoms with Crippen molar-refractivity contribution in [1.82, 2.24) is 0 Å². The number of hydrogen-bond acceptors (Lipinski definition) is 2. The molecule has 0 bridgehead atoms. The van der Waals surface area contributed by atoms with Gasteiger partial charge in [0.15, 0.2) is 0 Å². The largest absolute Gasteiger partial charge is 0.508 e. The summed E-state index contributed by atoms with van der Waals surface area (Å²) in [6.45, 7) is 5.16. The molecule has 0 saturated carbocycles. The third-order valence-electron chi connectivity index (χ3n) is 2.85. The maximum Gasteiger partial charge on any atom is 0.122 e. The zero-order valence-corrected chi connectivity index (χ0v) is 10.3. The second-order valence-corrected chi connectivity index (χ2v) is 4.22. The van der Waals surface area contributed by atoms with Crippen molar-refractivity contribution in [2.75, 3.05) is 6.61 Å². The molecule has 1 unspecified atom stereocenters. The van der Waals surface area contributed by atoms with Gasteiger partial charge in [-0.15, -0.1) is 0 Å². The van der Waals surface area contributed by atoms with Crippen LogP contribution in [-0.4, -0.2) is 11.7 Å². The van der Waals surface area contributed by atoms with Gasteiger partial charge in [0.05, 0.1) is 6.61 Å². The molecule has 0 amide bonds. The lowest BCUT2D eigenvalue weighted by atomic mass is 10.0. The van der Waals surface area contributed by atoms with Gasteiger partial charge in [-0.25, -0.2) is 0 Å². The summed E-state index contributed by atoms with van der Waals surface area (Å²) in [6, 6.07) is 7.00. The molecule has 0 saturated heterocycles. The molecular formula is C14H22O2. The first-order valence-corrected chi connectivity index (χ1v) is 6.18. The van der Waals surface area contributed by atoms with E-state index in [1.54, 1.807) is 18.2 Å². The number of phenolic OH excluding ortho intramolecular Hbond substituents is 1. The normalized spacial score (nSPS) is 12.4. The zero-order chi connectivity index (χ0) is 11.8. The third kappa shape index (κ3) is 4.56. The highest BCUT2D eigenvalue weighted by Gasteiger charge is 2.06. The number of rotatable bonds is 7. The Balaban J connectivity index is 2.37. The Labute approximate surface area is 98.3 Å². The van der Waals surface area contributed by atoms with Crippen LogP contribution in [0.1, 0.15) is 39.5 Å². The summed E-state index contributed by atoms with van der Waals surface area (Å²) in [6.07, 6.45) is 4.88. The van der Waals surface area contributed by atoms with E-state index in [-0.39, 0.29) is 5.75 Å². The Morgan fingerprint density at radius 2 is 2.12 bits per heavy atom. The number of unbranched alkanes of at least 4 members (excludes halogenated alkanes) is 1. The molecule has 16 heavy (non-hydrogen) atoms. The maximum atomic E-state index is 9.30. The van der Waals surface area contributed by atoms with Crippen LogP contribution in [-0.2, 0) is 0 Å². The first kappa shape index (κ1) is 12.9. The van der Waals surface area contributed by atoms with Gasteiger partial charge in [-0.3, -0.25) is 0 Å². The minimum Gasteiger partial charge on any atom is -0.508 e. The van der Waals surface area contributed by atoms with Crippen LogP contribution in [0.25, 0.3) is 0 Å². The average Bonchev–Trinajstić information content (AvgIpc) is 2.29. The van der Waals surface area contributed by atoms with Crippen LogP contribution in [0.4, 0.5) is 0 Å². The monoisotopic (exact) mass is 222 g/mol. The molecule has 1 aromatic carbocycles. The van der Waals surface area contributed by atoms with Crippen molar-refractivity contribution in [3.63, 3.8) is 0 Å². The Hall–Kier alpha value is -1.18. The molecule has 1 rings (SSSR count). The molecule has 0 aliphatic heterocycles.